The lowest BCUT2D eigenvalue weighted by Crippen LogP contribution is -2.47. The van der Waals surface area contributed by atoms with Gasteiger partial charge in [0.1, 0.15) is 29.1 Å². The Balaban J connectivity index is 1.03. The van der Waals surface area contributed by atoms with Crippen molar-refractivity contribution >= 4 is 19.9 Å². The maximum absolute atomic E-state index is 14.1. The Labute approximate surface area is 289 Å². The van der Waals surface area contributed by atoms with Crippen molar-refractivity contribution in [2.24, 2.45) is 5.73 Å². The van der Waals surface area contributed by atoms with E-state index in [1.807, 2.05) is 37.3 Å². The fourth-order valence-corrected chi connectivity index (χ4v) is 9.17. The first-order valence-corrected chi connectivity index (χ1v) is 20.1. The molecule has 3 fully saturated rings. The van der Waals surface area contributed by atoms with E-state index in [4.69, 9.17) is 19.9 Å². The standard InChI is InChI=1S/C36H47N3O8S2/c1-3-45-33-13-10-27(26-8-11-28(12-9-26)36(37)14-15-36)20-34(33)49(43,44)39-18-16-35(17-19-39)22-29(24-47-35)38-23-30(40)25-46-31-6-5-7-32(21-31)48(41,42)4-2/h5-13,20-21,29-30,38,40H,3-4,14-19,22-25,37H2,1-2H3. The van der Waals surface area contributed by atoms with Crippen LogP contribution in [0, 0.1) is 0 Å². The van der Waals surface area contributed by atoms with Gasteiger partial charge in [0.05, 0.1) is 29.5 Å². The summed E-state index contributed by atoms with van der Waals surface area (Å²) in [6.07, 6.45) is 2.94. The zero-order valence-electron chi connectivity index (χ0n) is 28.1. The second kappa shape index (κ2) is 14.3. The van der Waals surface area contributed by atoms with Crippen LogP contribution in [0.2, 0.25) is 0 Å². The Morgan fingerprint density at radius 1 is 0.959 bits per heavy atom. The molecule has 1 spiro atoms. The van der Waals surface area contributed by atoms with E-state index in [2.05, 4.69) is 5.32 Å². The van der Waals surface area contributed by atoms with Gasteiger partial charge < -0.3 is 30.4 Å². The number of aliphatic hydroxyl groups excluding tert-OH is 1. The monoisotopic (exact) mass is 713 g/mol. The molecular weight excluding hydrogens is 667 g/mol. The van der Waals surface area contributed by atoms with E-state index in [0.29, 0.717) is 57.1 Å². The van der Waals surface area contributed by atoms with Crippen molar-refractivity contribution in [2.75, 3.05) is 45.2 Å². The number of nitrogens with zero attached hydrogens (tertiary/aromatic N) is 1. The van der Waals surface area contributed by atoms with Crippen LogP contribution < -0.4 is 20.5 Å². The molecule has 13 heteroatoms. The summed E-state index contributed by atoms with van der Waals surface area (Å²) in [7, 11) is -7.21. The van der Waals surface area contributed by atoms with Gasteiger partial charge in [0.25, 0.3) is 0 Å². The van der Waals surface area contributed by atoms with Gasteiger partial charge in [-0.25, -0.2) is 16.8 Å². The number of sulfone groups is 1. The van der Waals surface area contributed by atoms with E-state index >= 15 is 0 Å². The van der Waals surface area contributed by atoms with E-state index in [1.165, 1.54) is 16.4 Å². The highest BCUT2D eigenvalue weighted by Gasteiger charge is 2.45. The molecule has 3 aromatic carbocycles. The first kappa shape index (κ1) is 35.8. The molecule has 2 atom stereocenters. The quantitative estimate of drug-likeness (QED) is 0.224. The van der Waals surface area contributed by atoms with Crippen molar-refractivity contribution in [3.05, 3.63) is 72.3 Å². The van der Waals surface area contributed by atoms with Crippen molar-refractivity contribution in [1.29, 1.82) is 0 Å². The number of ether oxygens (including phenoxy) is 3. The minimum absolute atomic E-state index is 0.00118. The minimum Gasteiger partial charge on any atom is -0.492 e. The Kier molecular flexibility index (Phi) is 10.4. The number of hydrogen-bond acceptors (Lipinski definition) is 10. The number of benzene rings is 3. The van der Waals surface area contributed by atoms with E-state index < -0.39 is 31.6 Å². The first-order valence-electron chi connectivity index (χ1n) is 17.0. The molecule has 3 aliphatic rings. The molecule has 3 aromatic rings. The lowest BCUT2D eigenvalue weighted by molar-refractivity contribution is -0.0312. The predicted octanol–water partition coefficient (Wildman–Crippen LogP) is 3.84. The summed E-state index contributed by atoms with van der Waals surface area (Å²) in [5, 5.41) is 13.9. The molecule has 266 valence electrons. The highest BCUT2D eigenvalue weighted by atomic mass is 32.2. The van der Waals surface area contributed by atoms with Gasteiger partial charge in [-0.05, 0) is 86.1 Å². The molecule has 2 unspecified atom stereocenters. The first-order chi connectivity index (χ1) is 23.4. The fourth-order valence-electron chi connectivity index (χ4n) is 6.66. The summed E-state index contributed by atoms with van der Waals surface area (Å²) in [4.78, 5) is 0.349. The summed E-state index contributed by atoms with van der Waals surface area (Å²) in [6.45, 7) is 5.13. The molecule has 49 heavy (non-hydrogen) atoms. The maximum atomic E-state index is 14.1. The highest BCUT2D eigenvalue weighted by Crippen LogP contribution is 2.43. The molecule has 0 radical (unpaired) electrons. The third kappa shape index (κ3) is 7.98. The van der Waals surface area contributed by atoms with Crippen molar-refractivity contribution in [3.8, 4) is 22.6 Å². The third-order valence-electron chi connectivity index (χ3n) is 9.92. The molecule has 0 amide bonds. The fraction of sp³-hybridized carbons (Fsp3) is 0.500. The van der Waals surface area contributed by atoms with Crippen LogP contribution >= 0.6 is 0 Å². The molecule has 2 heterocycles. The zero-order chi connectivity index (χ0) is 34.9. The second-order valence-electron chi connectivity index (χ2n) is 13.4. The number of sulfonamides is 1. The Bertz CT molecular complexity index is 1840. The van der Waals surface area contributed by atoms with E-state index in [0.717, 1.165) is 29.5 Å². The molecule has 2 aliphatic heterocycles. The van der Waals surface area contributed by atoms with Crippen molar-refractivity contribution in [1.82, 2.24) is 9.62 Å². The average Bonchev–Trinajstić information content (AvgIpc) is 3.75. The Morgan fingerprint density at radius 3 is 2.35 bits per heavy atom. The SMILES string of the molecule is CCOc1ccc(-c2ccc(C3(N)CC3)cc2)cc1S(=O)(=O)N1CCC2(CC1)CC(NCC(O)COc1cccc(S(=O)(=O)CC)c1)CO2. The summed E-state index contributed by atoms with van der Waals surface area (Å²) in [5.74, 6) is 0.715. The largest absolute Gasteiger partial charge is 0.492 e. The molecule has 4 N–H and O–H groups in total. The predicted molar refractivity (Wildman–Crippen MR) is 187 cm³/mol. The number of rotatable bonds is 14. The molecule has 1 aliphatic carbocycles. The number of hydrogen-bond donors (Lipinski definition) is 3. The summed E-state index contributed by atoms with van der Waals surface area (Å²) in [6, 6.07) is 19.7. The van der Waals surface area contributed by atoms with Crippen molar-refractivity contribution < 1.29 is 36.2 Å². The zero-order valence-corrected chi connectivity index (χ0v) is 29.8. The lowest BCUT2D eigenvalue weighted by atomic mass is 9.88. The van der Waals surface area contributed by atoms with E-state index in [-0.39, 0.29) is 40.3 Å². The van der Waals surface area contributed by atoms with Gasteiger partial charge in [0.2, 0.25) is 10.0 Å². The topological polar surface area (TPSA) is 157 Å². The summed E-state index contributed by atoms with van der Waals surface area (Å²) < 4.78 is 71.7. The van der Waals surface area contributed by atoms with Gasteiger partial charge in [-0.2, -0.15) is 4.31 Å². The van der Waals surface area contributed by atoms with Gasteiger partial charge in [-0.1, -0.05) is 43.3 Å². The number of nitrogens with two attached hydrogens (primary N) is 1. The second-order valence-corrected chi connectivity index (χ2v) is 17.6. The number of aliphatic hydroxyl groups is 1. The molecule has 6 rings (SSSR count). The molecule has 11 nitrogen and oxygen atoms in total. The molecular formula is C36H47N3O8S2. The van der Waals surface area contributed by atoms with E-state index in [9.17, 15) is 21.9 Å². The van der Waals surface area contributed by atoms with Crippen molar-refractivity contribution in [2.45, 2.75) is 79.0 Å². The van der Waals surface area contributed by atoms with Crippen LogP contribution in [0.5, 0.6) is 11.5 Å². The van der Waals surface area contributed by atoms with Crippen LogP contribution in [0.3, 0.4) is 0 Å². The summed E-state index contributed by atoms with van der Waals surface area (Å²) >= 11 is 0. The molecule has 1 saturated carbocycles. The Hall–Kier alpha value is -3.04. The number of nitrogens with one attached hydrogen (secondary N) is 1. The van der Waals surface area contributed by atoms with Crippen molar-refractivity contribution in [3.63, 3.8) is 0 Å². The minimum atomic E-state index is -3.85. The van der Waals surface area contributed by atoms with Crippen LogP contribution in [-0.4, -0.2) is 89.2 Å². The molecule has 0 aromatic heterocycles. The molecule has 2 saturated heterocycles. The van der Waals surface area contributed by atoms with E-state index in [1.54, 1.807) is 31.2 Å². The maximum Gasteiger partial charge on any atom is 0.246 e. The van der Waals surface area contributed by atoms with Crippen LogP contribution in [0.15, 0.2) is 76.5 Å². The normalized spacial score (nSPS) is 21.0. The van der Waals surface area contributed by atoms with Gasteiger partial charge in [0.15, 0.2) is 9.84 Å². The van der Waals surface area contributed by atoms with Gasteiger partial charge in [-0.15, -0.1) is 0 Å². The van der Waals surface area contributed by atoms with Gasteiger partial charge in [-0.3, -0.25) is 0 Å². The van der Waals surface area contributed by atoms with Crippen LogP contribution in [-0.2, 0) is 30.1 Å². The van der Waals surface area contributed by atoms with Crippen LogP contribution in [0.1, 0.15) is 51.5 Å². The Morgan fingerprint density at radius 2 is 1.67 bits per heavy atom. The number of piperidine rings is 1. The summed E-state index contributed by atoms with van der Waals surface area (Å²) in [5.41, 5.74) is 8.49. The highest BCUT2D eigenvalue weighted by molar-refractivity contribution is 7.91. The average molecular weight is 714 g/mol. The van der Waals surface area contributed by atoms with Gasteiger partial charge >= 0.3 is 0 Å². The lowest BCUT2D eigenvalue weighted by Gasteiger charge is -2.38. The van der Waals surface area contributed by atoms with Gasteiger partial charge in [0, 0.05) is 31.2 Å². The van der Waals surface area contributed by atoms with Crippen LogP contribution in [0.4, 0.5) is 0 Å². The molecule has 0 bridgehead atoms. The third-order valence-corrected chi connectivity index (χ3v) is 13.6. The van der Waals surface area contributed by atoms with Crippen LogP contribution in [0.25, 0.3) is 11.1 Å². The smallest absolute Gasteiger partial charge is 0.246 e.